The number of aryl methyl sites for hydroxylation is 1. The standard InChI is InChI=1S/C15H23N3O2S/c1-4-17-14(19)11-6-5-10(2)13(9-11)18-15(20)12(16)7-8-21-3/h5-6,9,12H,4,7-8,16H2,1-3H3,(H,17,19)(H,18,20)/t12-/m0/s1. The minimum absolute atomic E-state index is 0.153. The molecule has 6 heteroatoms. The molecule has 0 spiro atoms. The van der Waals surface area contributed by atoms with Crippen LogP contribution in [0.4, 0.5) is 5.69 Å². The lowest BCUT2D eigenvalue weighted by atomic mass is 10.1. The number of thioether (sulfide) groups is 1. The summed E-state index contributed by atoms with van der Waals surface area (Å²) >= 11 is 1.66. The minimum Gasteiger partial charge on any atom is -0.352 e. The number of hydrogen-bond acceptors (Lipinski definition) is 4. The Hall–Kier alpha value is -1.53. The van der Waals surface area contributed by atoms with Gasteiger partial charge in [0.2, 0.25) is 5.91 Å². The number of benzene rings is 1. The van der Waals surface area contributed by atoms with Crippen LogP contribution in [0.15, 0.2) is 18.2 Å². The van der Waals surface area contributed by atoms with Crippen LogP contribution in [0.5, 0.6) is 0 Å². The van der Waals surface area contributed by atoms with E-state index in [1.807, 2.05) is 26.2 Å². The van der Waals surface area contributed by atoms with Gasteiger partial charge in [-0.05, 0) is 50.0 Å². The second kappa shape index (κ2) is 8.69. The molecule has 1 aromatic rings. The highest BCUT2D eigenvalue weighted by molar-refractivity contribution is 7.98. The molecular formula is C15H23N3O2S. The smallest absolute Gasteiger partial charge is 0.251 e. The summed E-state index contributed by atoms with van der Waals surface area (Å²) in [5.41, 5.74) is 7.89. The van der Waals surface area contributed by atoms with Gasteiger partial charge in [-0.3, -0.25) is 9.59 Å². The number of amides is 2. The average Bonchev–Trinajstić information content (AvgIpc) is 2.47. The first-order valence-corrected chi connectivity index (χ1v) is 8.33. The first-order valence-electron chi connectivity index (χ1n) is 6.93. The van der Waals surface area contributed by atoms with Crippen molar-refractivity contribution in [2.75, 3.05) is 23.9 Å². The van der Waals surface area contributed by atoms with Gasteiger partial charge in [0.15, 0.2) is 0 Å². The molecular weight excluding hydrogens is 286 g/mol. The molecule has 0 heterocycles. The Labute approximate surface area is 130 Å². The number of carbonyl (C=O) groups is 2. The van der Waals surface area contributed by atoms with Gasteiger partial charge in [-0.2, -0.15) is 11.8 Å². The van der Waals surface area contributed by atoms with Crippen molar-refractivity contribution < 1.29 is 9.59 Å². The van der Waals surface area contributed by atoms with E-state index in [2.05, 4.69) is 10.6 Å². The van der Waals surface area contributed by atoms with Gasteiger partial charge in [-0.25, -0.2) is 0 Å². The molecule has 1 rings (SSSR count). The molecule has 0 saturated heterocycles. The molecule has 5 nitrogen and oxygen atoms in total. The van der Waals surface area contributed by atoms with E-state index in [4.69, 9.17) is 5.73 Å². The number of nitrogens with two attached hydrogens (primary N) is 1. The van der Waals surface area contributed by atoms with Crippen LogP contribution < -0.4 is 16.4 Å². The zero-order valence-corrected chi connectivity index (χ0v) is 13.5. The molecule has 1 aromatic carbocycles. The maximum atomic E-state index is 12.0. The molecule has 0 radical (unpaired) electrons. The van der Waals surface area contributed by atoms with Crippen molar-refractivity contribution in [1.82, 2.24) is 5.32 Å². The number of anilines is 1. The van der Waals surface area contributed by atoms with Crippen LogP contribution in [0, 0.1) is 6.92 Å². The largest absolute Gasteiger partial charge is 0.352 e. The first-order chi connectivity index (χ1) is 9.99. The van der Waals surface area contributed by atoms with E-state index in [1.165, 1.54) is 0 Å². The molecule has 21 heavy (non-hydrogen) atoms. The molecule has 0 saturated carbocycles. The minimum atomic E-state index is -0.537. The maximum Gasteiger partial charge on any atom is 0.251 e. The highest BCUT2D eigenvalue weighted by Crippen LogP contribution is 2.17. The van der Waals surface area contributed by atoms with Gasteiger partial charge in [0.25, 0.3) is 5.91 Å². The zero-order chi connectivity index (χ0) is 15.8. The van der Waals surface area contributed by atoms with Gasteiger partial charge in [-0.15, -0.1) is 0 Å². The second-order valence-electron chi connectivity index (χ2n) is 4.77. The van der Waals surface area contributed by atoms with E-state index < -0.39 is 6.04 Å². The van der Waals surface area contributed by atoms with E-state index >= 15 is 0 Å². The van der Waals surface area contributed by atoms with Gasteiger partial charge < -0.3 is 16.4 Å². The van der Waals surface area contributed by atoms with E-state index in [9.17, 15) is 9.59 Å². The zero-order valence-electron chi connectivity index (χ0n) is 12.7. The van der Waals surface area contributed by atoms with Crippen LogP contribution in [0.2, 0.25) is 0 Å². The first kappa shape index (κ1) is 17.5. The van der Waals surface area contributed by atoms with Crippen LogP contribution in [0.25, 0.3) is 0 Å². The molecule has 116 valence electrons. The Balaban J connectivity index is 2.80. The highest BCUT2D eigenvalue weighted by atomic mass is 32.2. The van der Waals surface area contributed by atoms with Crippen molar-refractivity contribution >= 4 is 29.3 Å². The van der Waals surface area contributed by atoms with Gasteiger partial charge in [0, 0.05) is 17.8 Å². The fourth-order valence-electron chi connectivity index (χ4n) is 1.76. The summed E-state index contributed by atoms with van der Waals surface area (Å²) in [5, 5.41) is 5.54. The van der Waals surface area contributed by atoms with Gasteiger partial charge in [0.1, 0.15) is 0 Å². The summed E-state index contributed by atoms with van der Waals surface area (Å²) in [6.07, 6.45) is 2.60. The Morgan fingerprint density at radius 2 is 2.10 bits per heavy atom. The van der Waals surface area contributed by atoms with E-state index in [0.717, 1.165) is 11.3 Å². The van der Waals surface area contributed by atoms with Crippen LogP contribution in [0.1, 0.15) is 29.3 Å². The van der Waals surface area contributed by atoms with Gasteiger partial charge in [0.05, 0.1) is 6.04 Å². The fourth-order valence-corrected chi connectivity index (χ4v) is 2.25. The van der Waals surface area contributed by atoms with Crippen molar-refractivity contribution in [2.24, 2.45) is 5.73 Å². The summed E-state index contributed by atoms with van der Waals surface area (Å²) in [6, 6.07) is 4.70. The second-order valence-corrected chi connectivity index (χ2v) is 5.75. The molecule has 0 aliphatic heterocycles. The van der Waals surface area contributed by atoms with Crippen LogP contribution in [-0.4, -0.2) is 36.4 Å². The third-order valence-electron chi connectivity index (χ3n) is 3.06. The molecule has 0 aliphatic rings. The van der Waals surface area contributed by atoms with Crippen molar-refractivity contribution in [3.63, 3.8) is 0 Å². The summed E-state index contributed by atoms with van der Waals surface area (Å²) < 4.78 is 0. The Kier molecular flexibility index (Phi) is 7.25. The van der Waals surface area contributed by atoms with Crippen LogP contribution in [0.3, 0.4) is 0 Å². The molecule has 2 amide bonds. The molecule has 0 bridgehead atoms. The van der Waals surface area contributed by atoms with Crippen molar-refractivity contribution in [2.45, 2.75) is 26.3 Å². The number of nitrogens with one attached hydrogen (secondary N) is 2. The average molecular weight is 309 g/mol. The monoisotopic (exact) mass is 309 g/mol. The lowest BCUT2D eigenvalue weighted by Gasteiger charge is -2.14. The predicted octanol–water partition coefficient (Wildman–Crippen LogP) is 1.76. The quantitative estimate of drug-likeness (QED) is 0.716. The van der Waals surface area contributed by atoms with Crippen molar-refractivity contribution in [3.8, 4) is 0 Å². The molecule has 0 aromatic heterocycles. The molecule has 0 unspecified atom stereocenters. The normalized spacial score (nSPS) is 11.8. The van der Waals surface area contributed by atoms with E-state index in [0.29, 0.717) is 24.2 Å². The highest BCUT2D eigenvalue weighted by Gasteiger charge is 2.15. The van der Waals surface area contributed by atoms with E-state index in [-0.39, 0.29) is 11.8 Å². The number of hydrogen-bond donors (Lipinski definition) is 3. The lowest BCUT2D eigenvalue weighted by Crippen LogP contribution is -2.36. The molecule has 0 aliphatic carbocycles. The third-order valence-corrected chi connectivity index (χ3v) is 3.71. The van der Waals surface area contributed by atoms with Crippen LogP contribution in [-0.2, 0) is 4.79 Å². The van der Waals surface area contributed by atoms with Crippen molar-refractivity contribution in [1.29, 1.82) is 0 Å². The predicted molar refractivity (Wildman–Crippen MR) is 88.8 cm³/mol. The maximum absolute atomic E-state index is 12.0. The SMILES string of the molecule is CCNC(=O)c1ccc(C)c(NC(=O)[C@@H](N)CCSC)c1. The topological polar surface area (TPSA) is 84.2 Å². The molecule has 0 fully saturated rings. The summed E-state index contributed by atoms with van der Waals surface area (Å²) in [6.45, 7) is 4.30. The van der Waals surface area contributed by atoms with Gasteiger partial charge >= 0.3 is 0 Å². The van der Waals surface area contributed by atoms with Crippen molar-refractivity contribution in [3.05, 3.63) is 29.3 Å². The fraction of sp³-hybridized carbons (Fsp3) is 0.467. The number of rotatable bonds is 7. The third kappa shape index (κ3) is 5.40. The summed E-state index contributed by atoms with van der Waals surface area (Å²) in [5.74, 6) is 0.465. The molecule has 1 atom stereocenters. The Morgan fingerprint density at radius 1 is 1.38 bits per heavy atom. The molecule has 4 N–H and O–H groups in total. The Morgan fingerprint density at radius 3 is 2.71 bits per heavy atom. The Bertz CT molecular complexity index is 506. The number of carbonyl (C=O) groups excluding carboxylic acids is 2. The van der Waals surface area contributed by atoms with Crippen LogP contribution >= 0.6 is 11.8 Å². The summed E-state index contributed by atoms with van der Waals surface area (Å²) in [4.78, 5) is 23.8. The summed E-state index contributed by atoms with van der Waals surface area (Å²) in [7, 11) is 0. The van der Waals surface area contributed by atoms with Gasteiger partial charge in [-0.1, -0.05) is 6.07 Å². The van der Waals surface area contributed by atoms with E-state index in [1.54, 1.807) is 23.9 Å². The lowest BCUT2D eigenvalue weighted by molar-refractivity contribution is -0.117.